The van der Waals surface area contributed by atoms with Crippen molar-refractivity contribution in [2.45, 2.75) is 32.8 Å². The Morgan fingerprint density at radius 1 is 1.50 bits per heavy atom. The van der Waals surface area contributed by atoms with Gasteiger partial charge >= 0.3 is 0 Å². The van der Waals surface area contributed by atoms with E-state index in [1.165, 1.54) is 0 Å². The molecule has 1 N–H and O–H groups in total. The number of pyridine rings is 1. The number of aryl methyl sites for hydroxylation is 1. The van der Waals surface area contributed by atoms with Gasteiger partial charge in [-0.3, -0.25) is 0 Å². The van der Waals surface area contributed by atoms with Crippen LogP contribution in [0.25, 0.3) is 0 Å². The van der Waals surface area contributed by atoms with E-state index in [-0.39, 0.29) is 0 Å². The van der Waals surface area contributed by atoms with Crippen LogP contribution in [0.1, 0.15) is 25.8 Å². The Balaban J connectivity index is 2.39. The molecule has 0 aliphatic heterocycles. The van der Waals surface area contributed by atoms with Crippen molar-refractivity contribution < 1.29 is 9.84 Å². The molecule has 0 bridgehead atoms. The smallest absolute Gasteiger partial charge is 0.213 e. The molecule has 1 rings (SSSR count). The average molecular weight is 195 g/mol. The Hall–Kier alpha value is -1.09. The Morgan fingerprint density at radius 3 is 2.79 bits per heavy atom. The molecule has 0 radical (unpaired) electrons. The van der Waals surface area contributed by atoms with Crippen molar-refractivity contribution in [1.82, 2.24) is 4.98 Å². The molecule has 3 nitrogen and oxygen atoms in total. The molecule has 1 aromatic rings. The van der Waals surface area contributed by atoms with Gasteiger partial charge in [0, 0.05) is 18.7 Å². The van der Waals surface area contributed by atoms with Crippen LogP contribution in [0, 0.1) is 6.92 Å². The molecule has 0 spiro atoms. The fraction of sp³-hybridized carbons (Fsp3) is 0.545. The highest BCUT2D eigenvalue weighted by atomic mass is 16.5. The van der Waals surface area contributed by atoms with Gasteiger partial charge in [0.15, 0.2) is 0 Å². The van der Waals surface area contributed by atoms with Crippen LogP contribution in [-0.2, 0) is 0 Å². The lowest BCUT2D eigenvalue weighted by molar-refractivity contribution is 0.0547. The van der Waals surface area contributed by atoms with Crippen molar-refractivity contribution in [2.24, 2.45) is 0 Å². The molecule has 3 heteroatoms. The molecule has 1 heterocycles. The molecule has 0 atom stereocenters. The molecule has 0 fully saturated rings. The van der Waals surface area contributed by atoms with E-state index in [0.717, 1.165) is 5.56 Å². The molecule has 14 heavy (non-hydrogen) atoms. The summed E-state index contributed by atoms with van der Waals surface area (Å²) in [6.45, 7) is 6.00. The van der Waals surface area contributed by atoms with E-state index in [0.29, 0.717) is 18.9 Å². The van der Waals surface area contributed by atoms with Crippen LogP contribution in [0.15, 0.2) is 18.3 Å². The zero-order chi connectivity index (χ0) is 10.6. The molecule has 78 valence electrons. The van der Waals surface area contributed by atoms with E-state index >= 15 is 0 Å². The predicted octanol–water partition coefficient (Wildman–Crippen LogP) is 1.93. The van der Waals surface area contributed by atoms with Gasteiger partial charge in [-0.1, -0.05) is 0 Å². The minimum absolute atomic E-state index is 0.486. The Kier molecular flexibility index (Phi) is 3.47. The monoisotopic (exact) mass is 195 g/mol. The van der Waals surface area contributed by atoms with Gasteiger partial charge in [-0.2, -0.15) is 0 Å². The topological polar surface area (TPSA) is 42.4 Å². The van der Waals surface area contributed by atoms with Gasteiger partial charge in [0.25, 0.3) is 0 Å². The predicted molar refractivity (Wildman–Crippen MR) is 55.4 cm³/mol. The maximum atomic E-state index is 9.45. The number of hydrogen-bond donors (Lipinski definition) is 1. The van der Waals surface area contributed by atoms with E-state index in [1.54, 1.807) is 20.0 Å². The molecular formula is C11H17NO2. The van der Waals surface area contributed by atoms with Gasteiger partial charge in [0.2, 0.25) is 5.88 Å². The second-order valence-electron chi connectivity index (χ2n) is 4.08. The van der Waals surface area contributed by atoms with Crippen molar-refractivity contribution in [1.29, 1.82) is 0 Å². The lowest BCUT2D eigenvalue weighted by Gasteiger charge is -2.16. The standard InChI is InChI=1S/C11H17NO2/c1-9-4-6-12-10(8-9)14-7-5-11(2,3)13/h4,6,8,13H,5,7H2,1-3H3. The van der Waals surface area contributed by atoms with E-state index < -0.39 is 5.60 Å². The first-order valence-corrected chi connectivity index (χ1v) is 4.75. The average Bonchev–Trinajstić information content (AvgIpc) is 2.01. The summed E-state index contributed by atoms with van der Waals surface area (Å²) in [5, 5.41) is 9.45. The normalized spacial score (nSPS) is 11.4. The third kappa shape index (κ3) is 4.23. The second kappa shape index (κ2) is 4.42. The first-order chi connectivity index (χ1) is 6.47. The van der Waals surface area contributed by atoms with E-state index in [4.69, 9.17) is 4.74 Å². The first-order valence-electron chi connectivity index (χ1n) is 4.75. The molecule has 0 amide bonds. The number of nitrogens with zero attached hydrogens (tertiary/aromatic N) is 1. The molecule has 1 aromatic heterocycles. The maximum Gasteiger partial charge on any atom is 0.213 e. The fourth-order valence-electron chi connectivity index (χ4n) is 0.993. The molecule has 0 saturated carbocycles. The fourth-order valence-corrected chi connectivity index (χ4v) is 0.993. The highest BCUT2D eigenvalue weighted by Crippen LogP contribution is 2.11. The number of aliphatic hydroxyl groups is 1. The lowest BCUT2D eigenvalue weighted by Crippen LogP contribution is -2.21. The van der Waals surface area contributed by atoms with Crippen molar-refractivity contribution >= 4 is 0 Å². The molecule has 0 aromatic carbocycles. The molecular weight excluding hydrogens is 178 g/mol. The molecule has 0 saturated heterocycles. The highest BCUT2D eigenvalue weighted by Gasteiger charge is 2.12. The third-order valence-corrected chi connectivity index (χ3v) is 1.85. The van der Waals surface area contributed by atoms with Crippen molar-refractivity contribution in [3.05, 3.63) is 23.9 Å². The SMILES string of the molecule is Cc1ccnc(OCCC(C)(C)O)c1. The van der Waals surface area contributed by atoms with E-state index in [2.05, 4.69) is 4.98 Å². The van der Waals surface area contributed by atoms with Crippen molar-refractivity contribution in [3.8, 4) is 5.88 Å². The lowest BCUT2D eigenvalue weighted by atomic mass is 10.1. The largest absolute Gasteiger partial charge is 0.478 e. The highest BCUT2D eigenvalue weighted by molar-refractivity contribution is 5.18. The van der Waals surface area contributed by atoms with Gasteiger partial charge in [0.1, 0.15) is 0 Å². The summed E-state index contributed by atoms with van der Waals surface area (Å²) in [6, 6.07) is 3.80. The summed E-state index contributed by atoms with van der Waals surface area (Å²) in [5.41, 5.74) is 0.447. The van der Waals surface area contributed by atoms with Gasteiger partial charge in [-0.25, -0.2) is 4.98 Å². The van der Waals surface area contributed by atoms with Crippen LogP contribution in [-0.4, -0.2) is 22.3 Å². The quantitative estimate of drug-likeness (QED) is 0.798. The number of hydrogen-bond acceptors (Lipinski definition) is 3. The summed E-state index contributed by atoms with van der Waals surface area (Å²) in [7, 11) is 0. The molecule has 0 unspecified atom stereocenters. The summed E-state index contributed by atoms with van der Waals surface area (Å²) < 4.78 is 5.39. The van der Waals surface area contributed by atoms with Gasteiger partial charge < -0.3 is 9.84 Å². The van der Waals surface area contributed by atoms with Gasteiger partial charge in [-0.05, 0) is 32.4 Å². The summed E-state index contributed by atoms with van der Waals surface area (Å²) >= 11 is 0. The van der Waals surface area contributed by atoms with Crippen molar-refractivity contribution in [3.63, 3.8) is 0 Å². The maximum absolute atomic E-state index is 9.45. The van der Waals surface area contributed by atoms with Crippen LogP contribution < -0.4 is 4.74 Å². The Bertz CT molecular complexity index is 292. The minimum Gasteiger partial charge on any atom is -0.478 e. The first kappa shape index (κ1) is 11.0. The van der Waals surface area contributed by atoms with Crippen LogP contribution in [0.3, 0.4) is 0 Å². The Labute approximate surface area is 84.7 Å². The zero-order valence-electron chi connectivity index (χ0n) is 8.95. The minimum atomic E-state index is -0.677. The van der Waals surface area contributed by atoms with Crippen LogP contribution in [0.4, 0.5) is 0 Å². The summed E-state index contributed by atoms with van der Waals surface area (Å²) in [4.78, 5) is 4.06. The molecule has 0 aliphatic carbocycles. The van der Waals surface area contributed by atoms with Crippen LogP contribution >= 0.6 is 0 Å². The van der Waals surface area contributed by atoms with Crippen LogP contribution in [0.2, 0.25) is 0 Å². The van der Waals surface area contributed by atoms with E-state index in [1.807, 2.05) is 19.1 Å². The molecule has 0 aliphatic rings. The Morgan fingerprint density at radius 2 is 2.21 bits per heavy atom. The van der Waals surface area contributed by atoms with Crippen molar-refractivity contribution in [2.75, 3.05) is 6.61 Å². The second-order valence-corrected chi connectivity index (χ2v) is 4.08. The third-order valence-electron chi connectivity index (χ3n) is 1.85. The van der Waals surface area contributed by atoms with Gasteiger partial charge in [0.05, 0.1) is 12.2 Å². The number of rotatable bonds is 4. The van der Waals surface area contributed by atoms with Gasteiger partial charge in [-0.15, -0.1) is 0 Å². The number of aromatic nitrogens is 1. The zero-order valence-corrected chi connectivity index (χ0v) is 8.95. The summed E-state index contributed by atoms with van der Waals surface area (Å²) in [5.74, 6) is 0.620. The number of ether oxygens (including phenoxy) is 1. The summed E-state index contributed by atoms with van der Waals surface area (Å²) in [6.07, 6.45) is 2.32. The van der Waals surface area contributed by atoms with Crippen LogP contribution in [0.5, 0.6) is 5.88 Å². The van der Waals surface area contributed by atoms with E-state index in [9.17, 15) is 5.11 Å².